The van der Waals surface area contributed by atoms with E-state index in [1.165, 1.54) is 10.9 Å². The van der Waals surface area contributed by atoms with Crippen molar-refractivity contribution in [2.24, 2.45) is 0 Å². The summed E-state index contributed by atoms with van der Waals surface area (Å²) in [4.78, 5) is 0. The second-order valence-corrected chi connectivity index (χ2v) is 8.22. The fraction of sp³-hybridized carbons (Fsp3) is 0.556. The third kappa shape index (κ3) is 2.29. The monoisotopic (exact) mass is 299 g/mol. The molecule has 0 bridgehead atoms. The molecule has 1 aromatic carbocycles. The Kier molecular flexibility index (Phi) is 3.28. The van der Waals surface area contributed by atoms with E-state index in [9.17, 15) is 0 Å². The lowest BCUT2D eigenvalue weighted by atomic mass is 9.77. The predicted octanol–water partition coefficient (Wildman–Crippen LogP) is 3.70. The minimum atomic E-state index is -0.315. The molecule has 1 fully saturated rings. The molecule has 1 saturated heterocycles. The SMILES string of the molecule is CC(C)(C)n1ccc2c(B3OC(C)(C)C(C)(C)O3)cccc21. The Hall–Kier alpha value is -1.26. The van der Waals surface area contributed by atoms with Crippen molar-refractivity contribution in [1.29, 1.82) is 0 Å². The highest BCUT2D eigenvalue weighted by atomic mass is 16.7. The maximum Gasteiger partial charge on any atom is 0.495 e. The first-order chi connectivity index (χ1) is 10.0. The predicted molar refractivity (Wildman–Crippen MR) is 92.7 cm³/mol. The van der Waals surface area contributed by atoms with Gasteiger partial charge in [-0.25, -0.2) is 0 Å². The molecule has 1 aromatic heterocycles. The van der Waals surface area contributed by atoms with Gasteiger partial charge in [0.15, 0.2) is 0 Å². The maximum atomic E-state index is 6.22. The van der Waals surface area contributed by atoms with Crippen molar-refractivity contribution in [3.8, 4) is 0 Å². The van der Waals surface area contributed by atoms with Crippen molar-refractivity contribution in [2.75, 3.05) is 0 Å². The van der Waals surface area contributed by atoms with Crippen molar-refractivity contribution < 1.29 is 9.31 Å². The van der Waals surface area contributed by atoms with Gasteiger partial charge in [0.05, 0.1) is 11.2 Å². The van der Waals surface area contributed by atoms with Crippen LogP contribution in [0.15, 0.2) is 30.5 Å². The molecule has 0 saturated carbocycles. The summed E-state index contributed by atoms with van der Waals surface area (Å²) in [5.74, 6) is 0. The van der Waals surface area contributed by atoms with Crippen LogP contribution in [0.2, 0.25) is 0 Å². The third-order valence-electron chi connectivity index (χ3n) is 5.00. The first-order valence-corrected chi connectivity index (χ1v) is 7.99. The minimum absolute atomic E-state index is 0.0519. The third-order valence-corrected chi connectivity index (χ3v) is 5.00. The Morgan fingerprint density at radius 2 is 1.55 bits per heavy atom. The lowest BCUT2D eigenvalue weighted by Gasteiger charge is -2.32. The first kappa shape index (κ1) is 15.6. The molecular formula is C18H26BNO2. The van der Waals surface area contributed by atoms with Gasteiger partial charge in [-0.2, -0.15) is 0 Å². The smallest absolute Gasteiger partial charge is 0.399 e. The van der Waals surface area contributed by atoms with Crippen molar-refractivity contribution >= 4 is 23.5 Å². The van der Waals surface area contributed by atoms with Gasteiger partial charge >= 0.3 is 7.12 Å². The summed E-state index contributed by atoms with van der Waals surface area (Å²) in [6.07, 6.45) is 2.15. The molecule has 2 aromatic rings. The normalized spacial score (nSPS) is 20.8. The van der Waals surface area contributed by atoms with E-state index >= 15 is 0 Å². The van der Waals surface area contributed by atoms with Crippen molar-refractivity contribution in [2.45, 2.75) is 65.2 Å². The van der Waals surface area contributed by atoms with E-state index in [1.54, 1.807) is 0 Å². The number of nitrogens with zero attached hydrogens (tertiary/aromatic N) is 1. The summed E-state index contributed by atoms with van der Waals surface area (Å²) in [6.45, 7) is 15.0. The Morgan fingerprint density at radius 3 is 2.09 bits per heavy atom. The van der Waals surface area contributed by atoms with Crippen molar-refractivity contribution in [3.05, 3.63) is 30.5 Å². The molecule has 0 spiro atoms. The number of fused-ring (bicyclic) bond motifs is 1. The zero-order valence-electron chi connectivity index (χ0n) is 14.7. The second-order valence-electron chi connectivity index (χ2n) is 8.22. The summed E-state index contributed by atoms with van der Waals surface area (Å²) in [7, 11) is -0.315. The van der Waals surface area contributed by atoms with Crippen LogP contribution in [0.3, 0.4) is 0 Å². The molecule has 0 unspecified atom stereocenters. The van der Waals surface area contributed by atoms with Crippen LogP contribution < -0.4 is 5.46 Å². The van der Waals surface area contributed by atoms with Crippen molar-refractivity contribution in [3.63, 3.8) is 0 Å². The standard InChI is InChI=1S/C18H26BNO2/c1-16(2,3)20-12-11-13-14(9-8-10-15(13)20)19-21-17(4,5)18(6,7)22-19/h8-12H,1-7H3. The zero-order valence-corrected chi connectivity index (χ0v) is 14.7. The molecule has 2 heterocycles. The van der Waals surface area contributed by atoms with Crippen molar-refractivity contribution in [1.82, 2.24) is 4.57 Å². The van der Waals surface area contributed by atoms with Crippen LogP contribution >= 0.6 is 0 Å². The van der Waals surface area contributed by atoms with Gasteiger partial charge in [-0.1, -0.05) is 12.1 Å². The van der Waals surface area contributed by atoms with Crippen LogP contribution in [0.25, 0.3) is 10.9 Å². The molecule has 3 rings (SSSR count). The van der Waals surface area contributed by atoms with E-state index < -0.39 is 0 Å². The van der Waals surface area contributed by atoms with Gasteiger partial charge in [0, 0.05) is 17.3 Å². The molecule has 1 aliphatic heterocycles. The summed E-state index contributed by atoms with van der Waals surface area (Å²) in [5.41, 5.74) is 1.76. The van der Waals surface area contributed by atoms with Gasteiger partial charge in [-0.15, -0.1) is 0 Å². The van der Waals surface area contributed by atoms with Gasteiger partial charge in [0.25, 0.3) is 0 Å². The molecule has 0 aliphatic carbocycles. The number of hydrogen-bond donors (Lipinski definition) is 0. The Bertz CT molecular complexity index is 693. The quantitative estimate of drug-likeness (QED) is 0.750. The lowest BCUT2D eigenvalue weighted by Crippen LogP contribution is -2.41. The number of rotatable bonds is 1. The van der Waals surface area contributed by atoms with Gasteiger partial charge in [0.2, 0.25) is 0 Å². The fourth-order valence-electron chi connectivity index (χ4n) is 2.95. The van der Waals surface area contributed by atoms with Crippen LogP contribution in [-0.2, 0) is 14.8 Å². The molecule has 0 radical (unpaired) electrons. The number of benzene rings is 1. The molecule has 22 heavy (non-hydrogen) atoms. The van der Waals surface area contributed by atoms with E-state index in [1.807, 2.05) is 0 Å². The van der Waals surface area contributed by atoms with E-state index in [0.717, 1.165) is 5.46 Å². The Morgan fingerprint density at radius 1 is 0.955 bits per heavy atom. The van der Waals surface area contributed by atoms with Crippen LogP contribution in [0.4, 0.5) is 0 Å². The second kappa shape index (κ2) is 4.62. The van der Waals surface area contributed by atoms with E-state index in [-0.39, 0.29) is 23.9 Å². The summed E-state index contributed by atoms with van der Waals surface area (Å²) < 4.78 is 14.7. The molecule has 0 atom stereocenters. The molecule has 4 heteroatoms. The Balaban J connectivity index is 2.09. The minimum Gasteiger partial charge on any atom is -0.399 e. The largest absolute Gasteiger partial charge is 0.495 e. The van der Waals surface area contributed by atoms with Crippen LogP contribution in [-0.4, -0.2) is 22.9 Å². The van der Waals surface area contributed by atoms with Gasteiger partial charge < -0.3 is 13.9 Å². The molecule has 3 nitrogen and oxygen atoms in total. The van der Waals surface area contributed by atoms with E-state index in [0.29, 0.717) is 0 Å². The van der Waals surface area contributed by atoms with E-state index in [4.69, 9.17) is 9.31 Å². The zero-order chi connectivity index (χ0) is 16.3. The van der Waals surface area contributed by atoms with Gasteiger partial charge in [0.1, 0.15) is 0 Å². The summed E-state index contributed by atoms with van der Waals surface area (Å²) >= 11 is 0. The fourth-order valence-corrected chi connectivity index (χ4v) is 2.95. The van der Waals surface area contributed by atoms with Crippen LogP contribution in [0, 0.1) is 0 Å². The lowest BCUT2D eigenvalue weighted by molar-refractivity contribution is 0.00578. The molecule has 0 amide bonds. The number of aromatic nitrogens is 1. The van der Waals surface area contributed by atoms with Crippen LogP contribution in [0.1, 0.15) is 48.5 Å². The number of hydrogen-bond acceptors (Lipinski definition) is 2. The van der Waals surface area contributed by atoms with Gasteiger partial charge in [-0.3, -0.25) is 0 Å². The Labute approximate surface area is 133 Å². The highest BCUT2D eigenvalue weighted by Gasteiger charge is 2.52. The molecule has 0 N–H and O–H groups in total. The average molecular weight is 299 g/mol. The maximum absolute atomic E-state index is 6.22. The highest BCUT2D eigenvalue weighted by Crippen LogP contribution is 2.37. The van der Waals surface area contributed by atoms with E-state index in [2.05, 4.69) is 83.5 Å². The van der Waals surface area contributed by atoms with Gasteiger partial charge in [-0.05, 0) is 71.4 Å². The topological polar surface area (TPSA) is 23.4 Å². The first-order valence-electron chi connectivity index (χ1n) is 7.99. The summed E-state index contributed by atoms with van der Waals surface area (Å²) in [6, 6.07) is 8.53. The summed E-state index contributed by atoms with van der Waals surface area (Å²) in [5, 5.41) is 1.20. The average Bonchev–Trinajstić information content (AvgIpc) is 2.87. The molecule has 1 aliphatic rings. The highest BCUT2D eigenvalue weighted by molar-refractivity contribution is 6.65. The molecule has 118 valence electrons. The van der Waals surface area contributed by atoms with Crippen LogP contribution in [0.5, 0.6) is 0 Å². The molecular weight excluding hydrogens is 273 g/mol.